The Bertz CT molecular complexity index is 816. The number of carbonyl (C=O) groups is 1. The zero-order valence-electron chi connectivity index (χ0n) is 10.3. The monoisotopic (exact) mass is 329 g/mol. The molecule has 0 saturated heterocycles. The predicted octanol–water partition coefficient (Wildman–Crippen LogP) is 4.37. The van der Waals surface area contributed by atoms with Gasteiger partial charge in [0.15, 0.2) is 5.78 Å². The van der Waals surface area contributed by atoms with E-state index in [0.29, 0.717) is 11.1 Å². The third kappa shape index (κ3) is 2.34. The van der Waals surface area contributed by atoms with Gasteiger partial charge in [-0.1, -0.05) is 18.2 Å². The van der Waals surface area contributed by atoms with Gasteiger partial charge < -0.3 is 0 Å². The van der Waals surface area contributed by atoms with Crippen molar-refractivity contribution in [2.45, 2.75) is 0 Å². The van der Waals surface area contributed by atoms with E-state index in [2.05, 4.69) is 20.9 Å². The number of halogens is 2. The van der Waals surface area contributed by atoms with Crippen molar-refractivity contribution in [3.05, 3.63) is 76.1 Å². The Kier molecular flexibility index (Phi) is 3.32. The molecule has 0 aliphatic carbocycles. The number of ketones is 1. The lowest BCUT2D eigenvalue weighted by atomic mass is 10.0. The minimum Gasteiger partial charge on any atom is -0.289 e. The molecule has 0 spiro atoms. The van der Waals surface area contributed by atoms with Gasteiger partial charge in [0.25, 0.3) is 0 Å². The average molecular weight is 330 g/mol. The van der Waals surface area contributed by atoms with E-state index < -0.39 is 0 Å². The van der Waals surface area contributed by atoms with Crippen molar-refractivity contribution < 1.29 is 9.18 Å². The van der Waals surface area contributed by atoms with Crippen LogP contribution >= 0.6 is 15.9 Å². The quantitative estimate of drug-likeness (QED) is 0.653. The summed E-state index contributed by atoms with van der Waals surface area (Å²) in [7, 11) is 0. The first kappa shape index (κ1) is 12.9. The summed E-state index contributed by atoms with van der Waals surface area (Å²) in [4.78, 5) is 16.6. The van der Waals surface area contributed by atoms with Crippen LogP contribution in [-0.4, -0.2) is 10.8 Å². The summed E-state index contributed by atoms with van der Waals surface area (Å²) in [6.07, 6.45) is 1.69. The van der Waals surface area contributed by atoms with Crippen LogP contribution in [0.1, 0.15) is 15.9 Å². The number of aromatic nitrogens is 1. The second-order valence-corrected chi connectivity index (χ2v) is 5.22. The van der Waals surface area contributed by atoms with Gasteiger partial charge in [-0.25, -0.2) is 4.39 Å². The van der Waals surface area contributed by atoms with Gasteiger partial charge in [-0.05, 0) is 46.3 Å². The lowest BCUT2D eigenvalue weighted by molar-refractivity contribution is 0.103. The number of hydrogen-bond donors (Lipinski definition) is 0. The highest BCUT2D eigenvalue weighted by Crippen LogP contribution is 2.21. The van der Waals surface area contributed by atoms with E-state index in [4.69, 9.17) is 0 Å². The molecule has 0 fully saturated rings. The van der Waals surface area contributed by atoms with Crippen molar-refractivity contribution in [2.75, 3.05) is 0 Å². The molecule has 0 bridgehead atoms. The number of benzene rings is 2. The van der Waals surface area contributed by atoms with Crippen molar-refractivity contribution >= 4 is 32.6 Å². The highest BCUT2D eigenvalue weighted by molar-refractivity contribution is 9.10. The Morgan fingerprint density at radius 1 is 1.05 bits per heavy atom. The van der Waals surface area contributed by atoms with E-state index in [1.807, 2.05) is 18.2 Å². The van der Waals surface area contributed by atoms with Gasteiger partial charge >= 0.3 is 0 Å². The molecule has 3 aromatic rings. The van der Waals surface area contributed by atoms with E-state index in [0.717, 1.165) is 10.9 Å². The van der Waals surface area contributed by atoms with Crippen LogP contribution in [0, 0.1) is 5.82 Å². The molecule has 0 amide bonds. The summed E-state index contributed by atoms with van der Waals surface area (Å²) >= 11 is 3.09. The summed E-state index contributed by atoms with van der Waals surface area (Å²) in [6, 6.07) is 13.4. The summed E-state index contributed by atoms with van der Waals surface area (Å²) < 4.78 is 13.5. The maximum absolute atomic E-state index is 13.2. The normalized spacial score (nSPS) is 10.7. The van der Waals surface area contributed by atoms with Gasteiger partial charge in [0, 0.05) is 22.7 Å². The average Bonchev–Trinajstić information content (AvgIpc) is 2.49. The second-order valence-electron chi connectivity index (χ2n) is 4.37. The fourth-order valence-electron chi connectivity index (χ4n) is 2.01. The molecule has 0 aliphatic heterocycles. The largest absolute Gasteiger partial charge is 0.289 e. The molecule has 2 nitrogen and oxygen atoms in total. The van der Waals surface area contributed by atoms with E-state index >= 15 is 0 Å². The molecule has 0 saturated carbocycles. The third-order valence-corrected chi connectivity index (χ3v) is 3.66. The van der Waals surface area contributed by atoms with E-state index in [9.17, 15) is 9.18 Å². The molecule has 0 atom stereocenters. The number of nitrogens with zero attached hydrogens (tertiary/aromatic N) is 1. The van der Waals surface area contributed by atoms with Crippen LogP contribution in [0.4, 0.5) is 4.39 Å². The fourth-order valence-corrected chi connectivity index (χ4v) is 2.39. The van der Waals surface area contributed by atoms with Gasteiger partial charge in [-0.2, -0.15) is 0 Å². The smallest absolute Gasteiger partial charge is 0.193 e. The van der Waals surface area contributed by atoms with E-state index in [1.54, 1.807) is 18.3 Å². The Labute approximate surface area is 123 Å². The van der Waals surface area contributed by atoms with Crippen molar-refractivity contribution in [1.82, 2.24) is 4.98 Å². The molecule has 0 N–H and O–H groups in total. The maximum Gasteiger partial charge on any atom is 0.193 e. The van der Waals surface area contributed by atoms with E-state index in [1.165, 1.54) is 18.2 Å². The second kappa shape index (κ2) is 5.13. The van der Waals surface area contributed by atoms with Crippen LogP contribution < -0.4 is 0 Å². The molecule has 1 aromatic heterocycles. The molecule has 0 unspecified atom stereocenters. The van der Waals surface area contributed by atoms with Crippen LogP contribution in [0.3, 0.4) is 0 Å². The molecule has 98 valence electrons. The Balaban J connectivity index is 2.05. The van der Waals surface area contributed by atoms with Gasteiger partial charge in [-0.3, -0.25) is 9.78 Å². The number of carbonyl (C=O) groups excluding carboxylic acids is 1. The van der Waals surface area contributed by atoms with Crippen molar-refractivity contribution in [3.8, 4) is 0 Å². The molecule has 20 heavy (non-hydrogen) atoms. The van der Waals surface area contributed by atoms with Gasteiger partial charge in [0.2, 0.25) is 0 Å². The Morgan fingerprint density at radius 2 is 1.80 bits per heavy atom. The SMILES string of the molecule is O=C(c1ccc(F)c(Br)c1)c1ccc2cccnc2c1. The van der Waals surface area contributed by atoms with E-state index in [-0.39, 0.29) is 16.1 Å². The molecule has 1 heterocycles. The van der Waals surface area contributed by atoms with Crippen molar-refractivity contribution in [1.29, 1.82) is 0 Å². The van der Waals surface area contributed by atoms with Crippen LogP contribution in [0.2, 0.25) is 0 Å². The first-order chi connectivity index (χ1) is 9.65. The molecule has 2 aromatic carbocycles. The van der Waals surface area contributed by atoms with Crippen LogP contribution in [0.5, 0.6) is 0 Å². The minimum atomic E-state index is -0.387. The highest BCUT2D eigenvalue weighted by atomic mass is 79.9. The van der Waals surface area contributed by atoms with Crippen molar-refractivity contribution in [2.24, 2.45) is 0 Å². The number of hydrogen-bond acceptors (Lipinski definition) is 2. The van der Waals surface area contributed by atoms with Crippen molar-refractivity contribution in [3.63, 3.8) is 0 Å². The number of pyridine rings is 1. The minimum absolute atomic E-state index is 0.154. The van der Waals surface area contributed by atoms with Gasteiger partial charge in [0.1, 0.15) is 5.82 Å². The molecular formula is C16H9BrFNO. The number of rotatable bonds is 2. The number of fused-ring (bicyclic) bond motifs is 1. The lowest BCUT2D eigenvalue weighted by Crippen LogP contribution is -2.01. The molecular weight excluding hydrogens is 321 g/mol. The summed E-state index contributed by atoms with van der Waals surface area (Å²) in [5.74, 6) is -0.542. The Morgan fingerprint density at radius 3 is 2.60 bits per heavy atom. The van der Waals surface area contributed by atoms with Crippen LogP contribution in [0.15, 0.2) is 59.2 Å². The maximum atomic E-state index is 13.2. The Hall–Kier alpha value is -2.07. The lowest BCUT2D eigenvalue weighted by Gasteiger charge is -2.04. The van der Waals surface area contributed by atoms with Gasteiger partial charge in [-0.15, -0.1) is 0 Å². The summed E-state index contributed by atoms with van der Waals surface area (Å²) in [6.45, 7) is 0. The van der Waals surface area contributed by atoms with Gasteiger partial charge in [0.05, 0.1) is 9.99 Å². The van der Waals surface area contributed by atoms with Crippen LogP contribution in [-0.2, 0) is 0 Å². The summed E-state index contributed by atoms with van der Waals surface area (Å²) in [5, 5.41) is 0.976. The molecule has 3 rings (SSSR count). The summed E-state index contributed by atoms with van der Waals surface area (Å²) in [5.41, 5.74) is 1.74. The molecule has 0 radical (unpaired) electrons. The predicted molar refractivity (Wildman–Crippen MR) is 79.3 cm³/mol. The first-order valence-electron chi connectivity index (χ1n) is 6.00. The highest BCUT2D eigenvalue weighted by Gasteiger charge is 2.11. The zero-order chi connectivity index (χ0) is 14.1. The third-order valence-electron chi connectivity index (χ3n) is 3.05. The standard InChI is InChI=1S/C16H9BrFNO/c17-13-8-11(5-6-14(13)18)16(20)12-4-3-10-2-1-7-19-15(10)9-12/h1-9H. The molecule has 4 heteroatoms. The first-order valence-corrected chi connectivity index (χ1v) is 6.79. The molecule has 0 aliphatic rings. The fraction of sp³-hybridized carbons (Fsp3) is 0. The zero-order valence-corrected chi connectivity index (χ0v) is 11.9. The van der Waals surface area contributed by atoms with Crippen LogP contribution in [0.25, 0.3) is 10.9 Å². The topological polar surface area (TPSA) is 30.0 Å².